The lowest BCUT2D eigenvalue weighted by atomic mass is 10.1. The highest BCUT2D eigenvalue weighted by atomic mass is 32.2. The molecule has 0 spiro atoms. The van der Waals surface area contributed by atoms with Crippen LogP contribution in [0.2, 0.25) is 0 Å². The van der Waals surface area contributed by atoms with E-state index in [1.807, 2.05) is 13.8 Å². The van der Waals surface area contributed by atoms with Crippen LogP contribution >= 0.6 is 11.8 Å². The first-order valence-electron chi connectivity index (χ1n) is 10.8. The van der Waals surface area contributed by atoms with Gasteiger partial charge in [-0.2, -0.15) is 0 Å². The van der Waals surface area contributed by atoms with Gasteiger partial charge in [-0.25, -0.2) is 9.78 Å². The zero-order valence-corrected chi connectivity index (χ0v) is 19.0. The minimum Gasteiger partial charge on any atom is -0.408 e. The lowest BCUT2D eigenvalue weighted by molar-refractivity contribution is -0.132. The normalized spacial score (nSPS) is 14.2. The Morgan fingerprint density at radius 1 is 1.19 bits per heavy atom. The topological polar surface area (TPSA) is 97.4 Å². The molecule has 1 aliphatic heterocycles. The number of aromatic nitrogens is 2. The maximum absolute atomic E-state index is 12.9. The second-order valence-corrected chi connectivity index (χ2v) is 9.62. The van der Waals surface area contributed by atoms with Crippen LogP contribution in [0.25, 0.3) is 11.1 Å². The van der Waals surface area contributed by atoms with Crippen LogP contribution in [0, 0.1) is 0 Å². The average molecular weight is 455 g/mol. The van der Waals surface area contributed by atoms with Crippen molar-refractivity contribution >= 4 is 40.4 Å². The summed E-state index contributed by atoms with van der Waals surface area (Å²) in [6.45, 7) is 5.43. The Kier molecular flexibility index (Phi) is 6.64. The molecule has 2 aromatic heterocycles. The number of fused-ring (bicyclic) bond motifs is 1. The fourth-order valence-electron chi connectivity index (χ4n) is 3.75. The fourth-order valence-corrected chi connectivity index (χ4v) is 4.60. The summed E-state index contributed by atoms with van der Waals surface area (Å²) >= 11 is 1.52. The van der Waals surface area contributed by atoms with Gasteiger partial charge in [-0.3, -0.25) is 14.2 Å². The number of anilines is 1. The molecule has 0 saturated carbocycles. The lowest BCUT2D eigenvalue weighted by Crippen LogP contribution is -2.39. The summed E-state index contributed by atoms with van der Waals surface area (Å²) in [4.78, 5) is 44.1. The molecule has 32 heavy (non-hydrogen) atoms. The summed E-state index contributed by atoms with van der Waals surface area (Å²) in [6.07, 6.45) is 4.75. The van der Waals surface area contributed by atoms with Gasteiger partial charge in [0.25, 0.3) is 5.91 Å². The van der Waals surface area contributed by atoms with Crippen molar-refractivity contribution in [2.24, 2.45) is 0 Å². The van der Waals surface area contributed by atoms with Gasteiger partial charge in [0.15, 0.2) is 5.58 Å². The first-order valence-corrected chi connectivity index (χ1v) is 11.6. The van der Waals surface area contributed by atoms with Crippen molar-refractivity contribution in [3.8, 4) is 0 Å². The summed E-state index contributed by atoms with van der Waals surface area (Å²) < 4.78 is 6.63. The van der Waals surface area contributed by atoms with E-state index in [9.17, 15) is 14.4 Å². The van der Waals surface area contributed by atoms with Gasteiger partial charge in [-0.1, -0.05) is 13.8 Å². The molecule has 0 unspecified atom stereocenters. The summed E-state index contributed by atoms with van der Waals surface area (Å²) in [5.74, 6) is -0.978. The molecule has 9 heteroatoms. The predicted molar refractivity (Wildman–Crippen MR) is 124 cm³/mol. The van der Waals surface area contributed by atoms with E-state index in [1.165, 1.54) is 16.3 Å². The molecule has 0 bridgehead atoms. The number of rotatable bonds is 6. The van der Waals surface area contributed by atoms with Crippen molar-refractivity contribution in [3.63, 3.8) is 0 Å². The number of pyridine rings is 1. The summed E-state index contributed by atoms with van der Waals surface area (Å²) in [5, 5.41) is 3.82. The van der Waals surface area contributed by atoms with Crippen LogP contribution in [0.4, 0.5) is 5.69 Å². The molecule has 1 aromatic carbocycles. The van der Waals surface area contributed by atoms with Gasteiger partial charge in [-0.05, 0) is 49.6 Å². The highest BCUT2D eigenvalue weighted by Crippen LogP contribution is 2.26. The highest BCUT2D eigenvalue weighted by Gasteiger charge is 2.20. The van der Waals surface area contributed by atoms with E-state index >= 15 is 0 Å². The molecular formula is C23H26N4O4S. The van der Waals surface area contributed by atoms with Gasteiger partial charge >= 0.3 is 5.76 Å². The maximum atomic E-state index is 12.9. The zero-order chi connectivity index (χ0) is 22.7. The Labute approximate surface area is 190 Å². The fraction of sp³-hybridized carbons (Fsp3) is 0.391. The molecule has 1 N–H and O–H groups in total. The van der Waals surface area contributed by atoms with Crippen molar-refractivity contribution in [2.45, 2.75) is 49.9 Å². The first kappa shape index (κ1) is 22.1. The van der Waals surface area contributed by atoms with Crippen LogP contribution in [-0.4, -0.2) is 44.6 Å². The molecular weight excluding hydrogens is 428 g/mol. The molecule has 0 aliphatic carbocycles. The third kappa shape index (κ3) is 4.88. The van der Waals surface area contributed by atoms with Crippen LogP contribution in [0.1, 0.15) is 43.5 Å². The monoisotopic (exact) mass is 454 g/mol. The molecule has 0 radical (unpaired) electrons. The number of oxazole rings is 1. The number of hydrogen-bond donors (Lipinski definition) is 1. The number of likely N-dealkylation sites (tertiary alicyclic amines) is 1. The van der Waals surface area contributed by atoms with Crippen molar-refractivity contribution in [1.82, 2.24) is 14.5 Å². The summed E-state index contributed by atoms with van der Waals surface area (Å²) in [5.41, 5.74) is 1.83. The van der Waals surface area contributed by atoms with Crippen LogP contribution in [0.3, 0.4) is 0 Å². The number of thioether (sulfide) groups is 1. The van der Waals surface area contributed by atoms with E-state index in [4.69, 9.17) is 4.42 Å². The van der Waals surface area contributed by atoms with E-state index in [0.29, 0.717) is 40.5 Å². The minimum atomic E-state index is -0.586. The number of benzene rings is 1. The van der Waals surface area contributed by atoms with Crippen molar-refractivity contribution in [1.29, 1.82) is 0 Å². The Bertz CT molecular complexity index is 1190. The number of nitrogens with zero attached hydrogens (tertiary/aromatic N) is 3. The summed E-state index contributed by atoms with van der Waals surface area (Å²) in [7, 11) is 0. The predicted octanol–water partition coefficient (Wildman–Crippen LogP) is 3.75. The van der Waals surface area contributed by atoms with E-state index in [2.05, 4.69) is 10.3 Å². The number of hydrogen-bond acceptors (Lipinski definition) is 6. The Morgan fingerprint density at radius 2 is 1.97 bits per heavy atom. The lowest BCUT2D eigenvalue weighted by Gasteiger charge is -2.26. The van der Waals surface area contributed by atoms with Gasteiger partial charge in [-0.15, -0.1) is 11.8 Å². The molecule has 168 valence electrons. The second-order valence-electron chi connectivity index (χ2n) is 8.05. The van der Waals surface area contributed by atoms with Crippen molar-refractivity contribution in [2.75, 3.05) is 18.4 Å². The van der Waals surface area contributed by atoms with Crippen LogP contribution in [-0.2, 0) is 11.3 Å². The average Bonchev–Trinajstić information content (AvgIpc) is 3.08. The Morgan fingerprint density at radius 3 is 2.72 bits per heavy atom. The Balaban J connectivity index is 1.57. The third-order valence-electron chi connectivity index (χ3n) is 5.29. The molecule has 8 nitrogen and oxygen atoms in total. The molecule has 0 atom stereocenters. The quantitative estimate of drug-likeness (QED) is 0.570. The maximum Gasteiger partial charge on any atom is 0.420 e. The molecule has 1 fully saturated rings. The number of carbonyl (C=O) groups excluding carboxylic acids is 2. The molecule has 1 saturated heterocycles. The van der Waals surface area contributed by atoms with Crippen LogP contribution in [0.15, 0.2) is 50.8 Å². The third-order valence-corrected chi connectivity index (χ3v) is 6.31. The number of amides is 2. The van der Waals surface area contributed by atoms with E-state index in [0.717, 1.165) is 19.3 Å². The number of nitrogens with one attached hydrogen (secondary N) is 1. The van der Waals surface area contributed by atoms with Gasteiger partial charge in [0.1, 0.15) is 11.6 Å². The van der Waals surface area contributed by atoms with Crippen molar-refractivity contribution in [3.05, 3.63) is 52.6 Å². The second kappa shape index (κ2) is 9.60. The molecule has 3 aromatic rings. The van der Waals surface area contributed by atoms with Gasteiger partial charge in [0, 0.05) is 30.2 Å². The molecule has 3 heterocycles. The SMILES string of the molecule is CC(C)Sc1ncccc1C(=O)Nc1ccc2oc(=O)n(CC(=O)N3CCCCC3)c2c1. The van der Waals surface area contributed by atoms with Gasteiger partial charge in [0.05, 0.1) is 11.1 Å². The molecule has 1 aliphatic rings. The molecule has 2 amide bonds. The molecule has 4 rings (SSSR count). The van der Waals surface area contributed by atoms with Gasteiger partial charge in [0.2, 0.25) is 5.91 Å². The van der Waals surface area contributed by atoms with E-state index < -0.39 is 5.76 Å². The minimum absolute atomic E-state index is 0.0823. The van der Waals surface area contributed by atoms with Crippen LogP contribution < -0.4 is 11.1 Å². The van der Waals surface area contributed by atoms with E-state index in [-0.39, 0.29) is 23.6 Å². The van der Waals surface area contributed by atoms with Crippen LogP contribution in [0.5, 0.6) is 0 Å². The Hall–Kier alpha value is -3.07. The van der Waals surface area contributed by atoms with E-state index in [1.54, 1.807) is 41.4 Å². The van der Waals surface area contributed by atoms with Crippen molar-refractivity contribution < 1.29 is 14.0 Å². The zero-order valence-electron chi connectivity index (χ0n) is 18.2. The smallest absolute Gasteiger partial charge is 0.408 e. The summed E-state index contributed by atoms with van der Waals surface area (Å²) in [6, 6.07) is 8.42. The standard InChI is InChI=1S/C23H26N4O4S/c1-15(2)32-22-17(7-6-10-24-22)21(29)25-16-8-9-19-18(13-16)27(23(30)31-19)14-20(28)26-11-4-3-5-12-26/h6-10,13,15H,3-5,11-12,14H2,1-2H3,(H,25,29). The first-order chi connectivity index (χ1) is 15.4. The largest absolute Gasteiger partial charge is 0.420 e. The number of carbonyl (C=O) groups is 2. The highest BCUT2D eigenvalue weighted by molar-refractivity contribution is 7.99. The van der Waals surface area contributed by atoms with Gasteiger partial charge < -0.3 is 14.6 Å². The number of piperidine rings is 1.